The molecule has 0 unspecified atom stereocenters. The van der Waals surface area contributed by atoms with Gasteiger partial charge in [-0.3, -0.25) is 0 Å². The van der Waals surface area contributed by atoms with Gasteiger partial charge in [0.15, 0.2) is 18.1 Å². The number of nitrogens with zero attached hydrogens (tertiary/aromatic N) is 1. The van der Waals surface area contributed by atoms with Crippen molar-refractivity contribution in [1.82, 2.24) is 5.32 Å². The van der Waals surface area contributed by atoms with Gasteiger partial charge in [-0.05, 0) is 19.0 Å². The smallest absolute Gasteiger partial charge is 0.174 e. The third-order valence-corrected chi connectivity index (χ3v) is 2.56. The standard InChI is InChI=1S/C13H17ClN2O2/c1-3-5-16-9-10-7-11(14)8-12(17-2)13(10)18-6-4-15/h7-8,16H,3,5-6,9H2,1-2H3. The van der Waals surface area contributed by atoms with Gasteiger partial charge in [0.25, 0.3) is 0 Å². The van der Waals surface area contributed by atoms with Gasteiger partial charge < -0.3 is 14.8 Å². The molecule has 0 atom stereocenters. The third-order valence-electron chi connectivity index (χ3n) is 2.34. The van der Waals surface area contributed by atoms with Crippen LogP contribution >= 0.6 is 11.6 Å². The maximum absolute atomic E-state index is 8.59. The van der Waals surface area contributed by atoms with Crippen LogP contribution in [0.4, 0.5) is 0 Å². The first-order valence-corrected chi connectivity index (χ1v) is 6.17. The van der Waals surface area contributed by atoms with Crippen LogP contribution in [0.5, 0.6) is 11.5 Å². The molecule has 0 spiro atoms. The Balaban J connectivity index is 2.96. The number of hydrogen-bond donors (Lipinski definition) is 1. The summed E-state index contributed by atoms with van der Waals surface area (Å²) >= 11 is 6.02. The summed E-state index contributed by atoms with van der Waals surface area (Å²) in [6.45, 7) is 3.62. The zero-order valence-electron chi connectivity index (χ0n) is 10.6. The molecule has 0 aliphatic heterocycles. The minimum absolute atomic E-state index is 0.0151. The van der Waals surface area contributed by atoms with Crippen molar-refractivity contribution in [3.8, 4) is 17.6 Å². The number of nitrogens with one attached hydrogen (secondary N) is 1. The van der Waals surface area contributed by atoms with Crippen LogP contribution in [0.1, 0.15) is 18.9 Å². The molecule has 0 bridgehead atoms. The van der Waals surface area contributed by atoms with Gasteiger partial charge in [0.1, 0.15) is 6.07 Å². The van der Waals surface area contributed by atoms with Gasteiger partial charge in [0, 0.05) is 23.2 Å². The maximum atomic E-state index is 8.59. The second-order valence-corrected chi connectivity index (χ2v) is 4.16. The van der Waals surface area contributed by atoms with Crippen molar-refractivity contribution in [1.29, 1.82) is 5.26 Å². The molecule has 18 heavy (non-hydrogen) atoms. The predicted octanol–water partition coefficient (Wildman–Crippen LogP) is 2.75. The Morgan fingerprint density at radius 1 is 1.44 bits per heavy atom. The van der Waals surface area contributed by atoms with E-state index in [1.165, 1.54) is 0 Å². The number of ether oxygens (including phenoxy) is 2. The molecule has 0 saturated carbocycles. The number of nitriles is 1. The third kappa shape index (κ3) is 4.10. The first-order valence-electron chi connectivity index (χ1n) is 5.79. The van der Waals surface area contributed by atoms with Gasteiger partial charge >= 0.3 is 0 Å². The average Bonchev–Trinajstić information content (AvgIpc) is 2.37. The highest BCUT2D eigenvalue weighted by molar-refractivity contribution is 6.30. The van der Waals surface area contributed by atoms with Crippen molar-refractivity contribution in [3.05, 3.63) is 22.7 Å². The fraction of sp³-hybridized carbons (Fsp3) is 0.462. The van der Waals surface area contributed by atoms with E-state index < -0.39 is 0 Å². The van der Waals surface area contributed by atoms with E-state index in [1.807, 2.05) is 12.1 Å². The van der Waals surface area contributed by atoms with Gasteiger partial charge in [0.05, 0.1) is 7.11 Å². The molecule has 0 radical (unpaired) electrons. The molecule has 0 saturated heterocycles. The van der Waals surface area contributed by atoms with Crippen LogP contribution in [0.25, 0.3) is 0 Å². The highest BCUT2D eigenvalue weighted by atomic mass is 35.5. The first kappa shape index (κ1) is 14.6. The summed E-state index contributed by atoms with van der Waals surface area (Å²) in [5.74, 6) is 1.12. The number of hydrogen-bond acceptors (Lipinski definition) is 4. The van der Waals surface area contributed by atoms with Crippen molar-refractivity contribution in [2.45, 2.75) is 19.9 Å². The van der Waals surface area contributed by atoms with Crippen LogP contribution in [0.15, 0.2) is 12.1 Å². The molecule has 4 nitrogen and oxygen atoms in total. The van der Waals surface area contributed by atoms with E-state index in [1.54, 1.807) is 13.2 Å². The molecule has 0 aliphatic carbocycles. The lowest BCUT2D eigenvalue weighted by molar-refractivity contribution is 0.325. The monoisotopic (exact) mass is 268 g/mol. The van der Waals surface area contributed by atoms with Gasteiger partial charge in [0.2, 0.25) is 0 Å². The Kier molecular flexibility index (Phi) is 6.34. The lowest BCUT2D eigenvalue weighted by atomic mass is 10.1. The summed E-state index contributed by atoms with van der Waals surface area (Å²) < 4.78 is 10.6. The Hall–Kier alpha value is -1.44. The fourth-order valence-electron chi connectivity index (χ4n) is 1.57. The largest absolute Gasteiger partial charge is 0.493 e. The summed E-state index contributed by atoms with van der Waals surface area (Å²) in [5, 5.41) is 12.5. The zero-order chi connectivity index (χ0) is 13.4. The highest BCUT2D eigenvalue weighted by Crippen LogP contribution is 2.34. The van der Waals surface area contributed by atoms with Crippen molar-refractivity contribution < 1.29 is 9.47 Å². The van der Waals surface area contributed by atoms with E-state index in [9.17, 15) is 0 Å². The SMILES string of the molecule is CCCNCc1cc(Cl)cc(OC)c1OCC#N. The van der Waals surface area contributed by atoms with Crippen molar-refractivity contribution >= 4 is 11.6 Å². The summed E-state index contributed by atoms with van der Waals surface area (Å²) in [6, 6.07) is 5.44. The predicted molar refractivity (Wildman–Crippen MR) is 71.1 cm³/mol. The minimum atomic E-state index is -0.0151. The quantitative estimate of drug-likeness (QED) is 0.773. The van der Waals surface area contributed by atoms with Gasteiger partial charge in [-0.2, -0.15) is 5.26 Å². The zero-order valence-corrected chi connectivity index (χ0v) is 11.4. The molecule has 0 amide bonds. The molecule has 5 heteroatoms. The molecule has 0 aromatic heterocycles. The number of benzene rings is 1. The van der Waals surface area contributed by atoms with Gasteiger partial charge in [-0.1, -0.05) is 18.5 Å². The van der Waals surface area contributed by atoms with E-state index in [-0.39, 0.29) is 6.61 Å². The van der Waals surface area contributed by atoms with Crippen LogP contribution in [0, 0.1) is 11.3 Å². The number of rotatable bonds is 7. The van der Waals surface area contributed by atoms with E-state index in [4.69, 9.17) is 26.3 Å². The average molecular weight is 269 g/mol. The number of methoxy groups -OCH3 is 1. The minimum Gasteiger partial charge on any atom is -0.493 e. The van der Waals surface area contributed by atoms with Crippen LogP contribution in [-0.2, 0) is 6.54 Å². The molecular formula is C13H17ClN2O2. The normalized spacial score (nSPS) is 9.89. The van der Waals surface area contributed by atoms with Crippen LogP contribution in [-0.4, -0.2) is 20.3 Å². The van der Waals surface area contributed by atoms with Crippen molar-refractivity contribution in [2.24, 2.45) is 0 Å². The maximum Gasteiger partial charge on any atom is 0.174 e. The van der Waals surface area contributed by atoms with E-state index in [0.29, 0.717) is 23.1 Å². The Morgan fingerprint density at radius 2 is 2.22 bits per heavy atom. The van der Waals surface area contributed by atoms with Crippen LogP contribution in [0.3, 0.4) is 0 Å². The fourth-order valence-corrected chi connectivity index (χ4v) is 1.80. The first-order chi connectivity index (χ1) is 8.72. The molecule has 98 valence electrons. The number of halogens is 1. The van der Waals surface area contributed by atoms with Crippen molar-refractivity contribution in [2.75, 3.05) is 20.3 Å². The molecule has 0 aliphatic rings. The molecular weight excluding hydrogens is 252 g/mol. The summed E-state index contributed by atoms with van der Waals surface area (Å²) in [6.07, 6.45) is 1.05. The molecule has 0 fully saturated rings. The Morgan fingerprint density at radius 3 is 2.83 bits per heavy atom. The van der Waals surface area contributed by atoms with E-state index in [2.05, 4.69) is 12.2 Å². The van der Waals surface area contributed by atoms with Crippen LogP contribution in [0.2, 0.25) is 5.02 Å². The molecule has 1 aromatic rings. The topological polar surface area (TPSA) is 54.3 Å². The lowest BCUT2D eigenvalue weighted by Gasteiger charge is -2.14. The highest BCUT2D eigenvalue weighted by Gasteiger charge is 2.12. The Labute approximate surface area is 112 Å². The van der Waals surface area contributed by atoms with E-state index in [0.717, 1.165) is 18.5 Å². The molecule has 1 N–H and O–H groups in total. The second-order valence-electron chi connectivity index (χ2n) is 3.72. The summed E-state index contributed by atoms with van der Waals surface area (Å²) in [5.41, 5.74) is 0.892. The van der Waals surface area contributed by atoms with Crippen LogP contribution < -0.4 is 14.8 Å². The lowest BCUT2D eigenvalue weighted by Crippen LogP contribution is -2.15. The second kappa shape index (κ2) is 7.80. The summed E-state index contributed by atoms with van der Waals surface area (Å²) in [7, 11) is 1.55. The van der Waals surface area contributed by atoms with Crippen molar-refractivity contribution in [3.63, 3.8) is 0 Å². The van der Waals surface area contributed by atoms with Gasteiger partial charge in [-0.15, -0.1) is 0 Å². The molecule has 0 heterocycles. The molecule has 1 aromatic carbocycles. The molecule has 1 rings (SSSR count). The summed E-state index contributed by atoms with van der Waals surface area (Å²) in [4.78, 5) is 0. The van der Waals surface area contributed by atoms with E-state index >= 15 is 0 Å². The van der Waals surface area contributed by atoms with Gasteiger partial charge in [-0.25, -0.2) is 0 Å². The Bertz CT molecular complexity index is 430.